The van der Waals surface area contributed by atoms with Crippen LogP contribution in [0, 0.1) is 12.3 Å². The number of aliphatic hydroxyl groups excluding tert-OH is 1. The number of para-hydroxylation sites is 1. The average molecular weight is 1200 g/mol. The molecule has 5 amide bonds. The van der Waals surface area contributed by atoms with Crippen LogP contribution in [0.15, 0.2) is 78.7 Å². The fourth-order valence-corrected chi connectivity index (χ4v) is 12.4. The van der Waals surface area contributed by atoms with Gasteiger partial charge in [-0.1, -0.05) is 70.4 Å². The molecule has 7 heterocycles. The van der Waals surface area contributed by atoms with Gasteiger partial charge in [-0.25, -0.2) is 15.0 Å². The van der Waals surface area contributed by atoms with Gasteiger partial charge in [0.15, 0.2) is 23.1 Å². The van der Waals surface area contributed by atoms with Crippen molar-refractivity contribution in [1.29, 1.82) is 0 Å². The molecule has 6 aromatic rings. The van der Waals surface area contributed by atoms with E-state index in [4.69, 9.17) is 9.72 Å². The lowest BCUT2D eigenvalue weighted by molar-refractivity contribution is -0.144. The number of rotatable bonds is 23. The van der Waals surface area contributed by atoms with Crippen LogP contribution in [0.2, 0.25) is 0 Å². The van der Waals surface area contributed by atoms with Crippen LogP contribution in [0.5, 0.6) is 5.75 Å². The van der Waals surface area contributed by atoms with E-state index in [1.165, 1.54) is 11.9 Å². The van der Waals surface area contributed by atoms with E-state index >= 15 is 0 Å². The van der Waals surface area contributed by atoms with Crippen LogP contribution in [0.4, 0.5) is 28.7 Å². The van der Waals surface area contributed by atoms with Crippen molar-refractivity contribution in [2.24, 2.45) is 12.5 Å². The third-order valence-electron chi connectivity index (χ3n) is 16.4. The highest BCUT2D eigenvalue weighted by atomic mass is 32.1. The normalized spacial score (nSPS) is 17.4. The number of hydrogen-bond donors (Lipinski definition) is 6. The van der Waals surface area contributed by atoms with E-state index in [-0.39, 0.29) is 54.8 Å². The molecule has 3 fully saturated rings. The van der Waals surface area contributed by atoms with Crippen molar-refractivity contribution in [3.63, 3.8) is 0 Å². The number of β-amino-alcohol motifs (C(OH)–C–C–N with tert-alkyl or cyclic N) is 1. The number of piperazine rings is 1. The fourth-order valence-electron chi connectivity index (χ4n) is 11.6. The number of aromatic nitrogens is 7. The Hall–Kier alpha value is -8.09. The van der Waals surface area contributed by atoms with Crippen molar-refractivity contribution in [1.82, 2.24) is 65.6 Å². The van der Waals surface area contributed by atoms with Gasteiger partial charge in [-0.15, -0.1) is 21.5 Å². The smallest absolute Gasteiger partial charge is 0.273 e. The van der Waals surface area contributed by atoms with E-state index < -0.39 is 29.5 Å². The van der Waals surface area contributed by atoms with Crippen LogP contribution in [0.25, 0.3) is 21.8 Å². The predicted molar refractivity (Wildman–Crippen MR) is 331 cm³/mol. The predicted octanol–water partition coefficient (Wildman–Crippen LogP) is 7.17. The fraction of sp³-hybridized carbons (Fsp3) is 0.500. The molecule has 458 valence electrons. The summed E-state index contributed by atoms with van der Waals surface area (Å²) in [6.07, 6.45) is 9.45. The summed E-state index contributed by atoms with van der Waals surface area (Å²) in [5.41, 5.74) is 6.88. The number of piperidine rings is 1. The number of carbonyl (C=O) groups is 5. The number of benzene rings is 2. The maximum Gasteiger partial charge on any atom is 0.273 e. The highest BCUT2D eigenvalue weighted by Gasteiger charge is 2.45. The van der Waals surface area contributed by atoms with Crippen molar-refractivity contribution >= 4 is 69.6 Å². The molecule has 6 N–H and O–H groups in total. The molecule has 0 bridgehead atoms. The Bertz CT molecular complexity index is 3300. The van der Waals surface area contributed by atoms with Crippen LogP contribution < -0.4 is 36.2 Å². The van der Waals surface area contributed by atoms with Gasteiger partial charge in [0.05, 0.1) is 64.2 Å². The summed E-state index contributed by atoms with van der Waals surface area (Å²) in [4.78, 5) is 90.3. The zero-order valence-electron chi connectivity index (χ0n) is 50.6. The van der Waals surface area contributed by atoms with E-state index in [2.05, 4.69) is 61.6 Å². The maximum atomic E-state index is 14.2. The Balaban J connectivity index is 0.656. The third-order valence-corrected chi connectivity index (χ3v) is 17.4. The lowest BCUT2D eigenvalue weighted by atomic mass is 9.85. The second-order valence-corrected chi connectivity index (χ2v) is 24.5. The minimum atomic E-state index is -0.887. The number of pyridine rings is 1. The van der Waals surface area contributed by atoms with Crippen molar-refractivity contribution in [2.75, 3.05) is 75.5 Å². The van der Waals surface area contributed by atoms with Crippen LogP contribution >= 0.6 is 11.3 Å². The first-order chi connectivity index (χ1) is 41.4. The molecular formula is C62H82N16O7S. The standard InChI is InChI=1S/C62H82N16O7S/c1-39(41-19-21-42(22-20-41)56-40(2)66-38-86-56)67-59(82)49-33-45(79)36-78(49)61(84)57(62(3,4)5)70-52(80)17-12-10-9-11-13-18-53(81)77-27-25-43(26-28-77)75-29-31-76(32-30-75)44-23-24-50(64-35-44)69-51-34-48(54(72-71-51)60(83)63-6)68-47-16-14-15-46(55(47)85-8)58-65-37-74(7)73-58/h14-16,19-24,34-35,37-39,43,45,49,57,79H,9-13,17-18,25-33,36H2,1-8H3,(H,63,83)(H,67,82)(H,70,80)(H2,64,68,69,71)/t39-,45+,49-,57+/m0/s1. The van der Waals surface area contributed by atoms with Gasteiger partial charge in [0.25, 0.3) is 5.91 Å². The molecule has 9 rings (SSSR count). The number of aliphatic hydroxyl groups is 1. The number of methoxy groups -OCH3 is 1. The van der Waals surface area contributed by atoms with E-state index in [9.17, 15) is 29.1 Å². The van der Waals surface area contributed by atoms with Gasteiger partial charge in [-0.2, -0.15) is 5.10 Å². The first kappa shape index (κ1) is 62.4. The monoisotopic (exact) mass is 1190 g/mol. The van der Waals surface area contributed by atoms with Crippen molar-refractivity contribution in [3.05, 3.63) is 95.6 Å². The molecule has 3 aliphatic heterocycles. The molecule has 0 spiro atoms. The molecule has 0 aliphatic carbocycles. The molecule has 0 radical (unpaired) electrons. The topological polar surface area (TPSA) is 270 Å². The van der Waals surface area contributed by atoms with E-state index in [1.54, 1.807) is 42.6 Å². The second-order valence-electron chi connectivity index (χ2n) is 23.6. The summed E-state index contributed by atoms with van der Waals surface area (Å²) in [5, 5.41) is 38.9. The molecule has 23 nitrogen and oxygen atoms in total. The molecule has 4 aromatic heterocycles. The number of hydrogen-bond acceptors (Lipinski definition) is 18. The summed E-state index contributed by atoms with van der Waals surface area (Å²) >= 11 is 1.58. The molecule has 3 aliphatic rings. The summed E-state index contributed by atoms with van der Waals surface area (Å²) < 4.78 is 7.40. The van der Waals surface area contributed by atoms with Crippen LogP contribution in [-0.2, 0) is 26.2 Å². The van der Waals surface area contributed by atoms with Crippen LogP contribution in [0.1, 0.15) is 120 Å². The molecule has 3 saturated heterocycles. The Morgan fingerprint density at radius 2 is 1.56 bits per heavy atom. The summed E-state index contributed by atoms with van der Waals surface area (Å²) in [5.74, 6) is 0.773. The Kier molecular flexibility index (Phi) is 20.6. The molecule has 0 unspecified atom stereocenters. The quantitative estimate of drug-likeness (QED) is 0.0347. The number of unbranched alkanes of at least 4 members (excludes halogenated alkanes) is 4. The number of ether oxygens (including phenoxy) is 1. The van der Waals surface area contributed by atoms with Gasteiger partial charge < -0.3 is 51.1 Å². The number of nitrogens with one attached hydrogen (secondary N) is 5. The summed E-state index contributed by atoms with van der Waals surface area (Å²) in [7, 11) is 4.89. The SMILES string of the molecule is CNC(=O)c1nnc(Nc2ccc(N3CCN(C4CCN(C(=O)CCCCCCCC(=O)N[C@H](C(=O)N5C[C@H](O)C[C@H]5C(=O)N[C@@H](C)c5ccc(-c6scnc6C)cc5)C(C)(C)C)CC4)CC3)cn2)cc1Nc1cccc(-c2ncn(C)n2)c1OC. The van der Waals surface area contributed by atoms with Crippen LogP contribution in [-0.4, -0.2) is 168 Å². The Morgan fingerprint density at radius 3 is 2.21 bits per heavy atom. The van der Waals surface area contributed by atoms with Gasteiger partial charge >= 0.3 is 0 Å². The number of aryl methyl sites for hydroxylation is 2. The minimum Gasteiger partial charge on any atom is -0.494 e. The molecular weight excluding hydrogens is 1110 g/mol. The van der Waals surface area contributed by atoms with Gasteiger partial charge in [0, 0.05) is 91.3 Å². The number of anilines is 5. The largest absolute Gasteiger partial charge is 0.494 e. The second kappa shape index (κ2) is 28.4. The number of carbonyl (C=O) groups excluding carboxylic acids is 5. The molecule has 4 atom stereocenters. The number of nitrogens with zero attached hydrogens (tertiary/aromatic N) is 11. The van der Waals surface area contributed by atoms with Gasteiger partial charge in [0.2, 0.25) is 23.6 Å². The minimum absolute atomic E-state index is 0.0102. The number of likely N-dealkylation sites (tertiary alicyclic amines) is 2. The maximum absolute atomic E-state index is 14.2. The highest BCUT2D eigenvalue weighted by molar-refractivity contribution is 7.13. The number of amides is 5. The van der Waals surface area contributed by atoms with E-state index in [0.717, 1.165) is 105 Å². The Labute approximate surface area is 507 Å². The first-order valence-electron chi connectivity index (χ1n) is 29.9. The lowest BCUT2D eigenvalue weighted by Gasteiger charge is -2.43. The van der Waals surface area contributed by atoms with Crippen molar-refractivity contribution in [2.45, 2.75) is 129 Å². The van der Waals surface area contributed by atoms with Crippen molar-refractivity contribution in [3.8, 4) is 27.6 Å². The van der Waals surface area contributed by atoms with Crippen molar-refractivity contribution < 1.29 is 33.8 Å². The van der Waals surface area contributed by atoms with E-state index in [0.29, 0.717) is 59.0 Å². The zero-order chi connectivity index (χ0) is 61.1. The summed E-state index contributed by atoms with van der Waals surface area (Å²) in [6, 6.07) is 17.5. The molecule has 0 saturated carbocycles. The third kappa shape index (κ3) is 15.5. The van der Waals surface area contributed by atoms with Gasteiger partial charge in [-0.3, -0.25) is 33.6 Å². The zero-order valence-corrected chi connectivity index (χ0v) is 51.5. The summed E-state index contributed by atoms with van der Waals surface area (Å²) in [6.45, 7) is 14.6. The molecule has 24 heteroatoms. The Morgan fingerprint density at radius 1 is 0.826 bits per heavy atom. The number of thiazole rings is 1. The van der Waals surface area contributed by atoms with Gasteiger partial charge in [-0.05, 0) is 80.3 Å². The first-order valence-corrected chi connectivity index (χ1v) is 30.7. The lowest BCUT2D eigenvalue weighted by Crippen LogP contribution is -2.57. The van der Waals surface area contributed by atoms with E-state index in [1.807, 2.05) is 106 Å². The highest BCUT2D eigenvalue weighted by Crippen LogP contribution is 2.38. The van der Waals surface area contributed by atoms with Gasteiger partial charge in [0.1, 0.15) is 24.2 Å². The molecule has 86 heavy (non-hydrogen) atoms. The van der Waals surface area contributed by atoms with Crippen LogP contribution in [0.3, 0.4) is 0 Å². The molecule has 2 aromatic carbocycles. The average Bonchev–Trinajstić information content (AvgIpc) is 3.65.